The summed E-state index contributed by atoms with van der Waals surface area (Å²) in [7, 11) is 4.78. The molecule has 2 heterocycles. The monoisotopic (exact) mass is 467 g/mol. The summed E-state index contributed by atoms with van der Waals surface area (Å²) < 4.78 is 16.3. The number of anilines is 1. The molecule has 0 spiro atoms. The second-order valence-corrected chi connectivity index (χ2v) is 8.49. The van der Waals surface area contributed by atoms with E-state index in [0.29, 0.717) is 27.3 Å². The van der Waals surface area contributed by atoms with Gasteiger partial charge < -0.3 is 14.2 Å². The number of para-hydroxylation sites is 1. The van der Waals surface area contributed by atoms with E-state index in [4.69, 9.17) is 14.2 Å². The van der Waals surface area contributed by atoms with Gasteiger partial charge in [-0.15, -0.1) is 22.7 Å². The maximum absolute atomic E-state index is 12.8. The molecule has 0 radical (unpaired) electrons. The van der Waals surface area contributed by atoms with Crippen molar-refractivity contribution in [2.45, 2.75) is 6.92 Å². The van der Waals surface area contributed by atoms with Crippen LogP contribution < -0.4 is 19.5 Å². The van der Waals surface area contributed by atoms with Crippen LogP contribution in [0.2, 0.25) is 0 Å². The molecule has 1 N–H and O–H groups in total. The van der Waals surface area contributed by atoms with Gasteiger partial charge in [0.2, 0.25) is 0 Å². The Labute approximate surface area is 193 Å². The minimum absolute atomic E-state index is 0.305. The third-order valence-corrected chi connectivity index (χ3v) is 6.36. The maximum atomic E-state index is 12.8. The second kappa shape index (κ2) is 9.37. The first-order valence-corrected chi connectivity index (χ1v) is 11.4. The molecule has 0 bridgehead atoms. The predicted molar refractivity (Wildman–Crippen MR) is 127 cm³/mol. The van der Waals surface area contributed by atoms with E-state index in [2.05, 4.69) is 15.3 Å². The third kappa shape index (κ3) is 4.30. The van der Waals surface area contributed by atoms with Gasteiger partial charge in [-0.3, -0.25) is 10.1 Å². The van der Waals surface area contributed by atoms with E-state index >= 15 is 0 Å². The fraction of sp³-hybridized carbons (Fsp3) is 0.174. The van der Waals surface area contributed by atoms with Crippen molar-refractivity contribution in [3.63, 3.8) is 0 Å². The van der Waals surface area contributed by atoms with Crippen LogP contribution in [0, 0.1) is 6.92 Å². The molecule has 164 valence electrons. The summed E-state index contributed by atoms with van der Waals surface area (Å²) in [6.45, 7) is 2.01. The van der Waals surface area contributed by atoms with Crippen LogP contribution in [0.4, 0.5) is 5.13 Å². The van der Waals surface area contributed by atoms with Crippen LogP contribution in [0.25, 0.3) is 21.8 Å². The Morgan fingerprint density at radius 1 is 0.906 bits per heavy atom. The lowest BCUT2D eigenvalue weighted by Gasteiger charge is -2.10. The van der Waals surface area contributed by atoms with Crippen molar-refractivity contribution < 1.29 is 19.0 Å². The number of rotatable bonds is 7. The summed E-state index contributed by atoms with van der Waals surface area (Å²) in [5.74, 6) is 1.59. The zero-order valence-electron chi connectivity index (χ0n) is 18.0. The SMILES string of the molecule is COc1ccc(C)cc1-c1csc(NC(=O)c2csc(-c3cccc(OC)c3OC)n2)n1. The van der Waals surface area contributed by atoms with Crippen LogP contribution in [-0.2, 0) is 0 Å². The van der Waals surface area contributed by atoms with Gasteiger partial charge in [-0.2, -0.15) is 0 Å². The van der Waals surface area contributed by atoms with Crippen molar-refractivity contribution in [1.29, 1.82) is 0 Å². The molecule has 0 atom stereocenters. The van der Waals surface area contributed by atoms with Gasteiger partial charge in [-0.25, -0.2) is 9.97 Å². The molecule has 1 amide bonds. The van der Waals surface area contributed by atoms with Gasteiger partial charge in [0.15, 0.2) is 16.6 Å². The molecule has 2 aromatic carbocycles. The lowest BCUT2D eigenvalue weighted by atomic mass is 10.1. The minimum atomic E-state index is -0.327. The smallest absolute Gasteiger partial charge is 0.276 e. The van der Waals surface area contributed by atoms with Crippen LogP contribution in [0.15, 0.2) is 47.2 Å². The van der Waals surface area contributed by atoms with Crippen LogP contribution in [0.3, 0.4) is 0 Å². The maximum Gasteiger partial charge on any atom is 0.276 e. The highest BCUT2D eigenvalue weighted by molar-refractivity contribution is 7.14. The van der Waals surface area contributed by atoms with E-state index in [9.17, 15) is 4.79 Å². The molecular formula is C23H21N3O4S2. The van der Waals surface area contributed by atoms with E-state index in [1.165, 1.54) is 22.7 Å². The average Bonchev–Trinajstić information content (AvgIpc) is 3.48. The van der Waals surface area contributed by atoms with E-state index < -0.39 is 0 Å². The summed E-state index contributed by atoms with van der Waals surface area (Å²) in [5.41, 5.74) is 3.79. The molecule has 4 rings (SSSR count). The molecule has 0 aliphatic heterocycles. The molecule has 2 aromatic heterocycles. The number of nitrogens with zero attached hydrogens (tertiary/aromatic N) is 2. The number of amides is 1. The highest BCUT2D eigenvalue weighted by Gasteiger charge is 2.18. The second-order valence-electron chi connectivity index (χ2n) is 6.77. The van der Waals surface area contributed by atoms with Crippen LogP contribution in [-0.4, -0.2) is 37.2 Å². The van der Waals surface area contributed by atoms with Crippen LogP contribution in [0.1, 0.15) is 16.1 Å². The molecule has 7 nitrogen and oxygen atoms in total. The Morgan fingerprint density at radius 2 is 1.72 bits per heavy atom. The van der Waals surface area contributed by atoms with Gasteiger partial charge >= 0.3 is 0 Å². The first-order chi connectivity index (χ1) is 15.5. The van der Waals surface area contributed by atoms with Gasteiger partial charge in [0, 0.05) is 16.3 Å². The number of nitrogens with one attached hydrogen (secondary N) is 1. The van der Waals surface area contributed by atoms with E-state index in [0.717, 1.165) is 28.1 Å². The number of carbonyl (C=O) groups is 1. The number of ether oxygens (including phenoxy) is 3. The van der Waals surface area contributed by atoms with Crippen molar-refractivity contribution in [1.82, 2.24) is 9.97 Å². The van der Waals surface area contributed by atoms with E-state index in [1.807, 2.05) is 48.7 Å². The van der Waals surface area contributed by atoms with Gasteiger partial charge in [0.25, 0.3) is 5.91 Å². The zero-order chi connectivity index (χ0) is 22.7. The summed E-state index contributed by atoms with van der Waals surface area (Å²) in [5, 5.41) is 7.58. The standard InChI is InChI=1S/C23H21N3O4S2/c1-13-8-9-18(28-2)15(10-13)16-11-32-23(25-16)26-21(27)17-12-31-22(24-17)14-6-5-7-19(29-3)20(14)30-4/h5-12H,1-4H3,(H,25,26,27). The first kappa shape index (κ1) is 21.8. The largest absolute Gasteiger partial charge is 0.496 e. The molecule has 32 heavy (non-hydrogen) atoms. The van der Waals surface area contributed by atoms with Crippen molar-refractivity contribution in [2.75, 3.05) is 26.6 Å². The summed E-state index contributed by atoms with van der Waals surface area (Å²) in [6.07, 6.45) is 0. The van der Waals surface area contributed by atoms with Gasteiger partial charge in [-0.1, -0.05) is 17.7 Å². The summed E-state index contributed by atoms with van der Waals surface area (Å²) >= 11 is 2.70. The number of hydrogen-bond acceptors (Lipinski definition) is 8. The Bertz CT molecular complexity index is 1270. The van der Waals surface area contributed by atoms with Gasteiger partial charge in [0.1, 0.15) is 16.5 Å². The Kier molecular flexibility index (Phi) is 6.38. The number of benzene rings is 2. The first-order valence-electron chi connectivity index (χ1n) is 9.62. The van der Waals surface area contributed by atoms with Crippen molar-refractivity contribution >= 4 is 33.7 Å². The lowest BCUT2D eigenvalue weighted by Crippen LogP contribution is -2.12. The van der Waals surface area contributed by atoms with Crippen LogP contribution >= 0.6 is 22.7 Å². The number of methoxy groups -OCH3 is 3. The minimum Gasteiger partial charge on any atom is -0.496 e. The Morgan fingerprint density at radius 3 is 2.47 bits per heavy atom. The Hall–Kier alpha value is -3.43. The molecule has 4 aromatic rings. The van der Waals surface area contributed by atoms with Gasteiger partial charge in [-0.05, 0) is 31.2 Å². The average molecular weight is 468 g/mol. The molecular weight excluding hydrogens is 446 g/mol. The lowest BCUT2D eigenvalue weighted by molar-refractivity contribution is 0.102. The molecule has 0 unspecified atom stereocenters. The van der Waals surface area contributed by atoms with Crippen molar-refractivity contribution in [2.24, 2.45) is 0 Å². The van der Waals surface area contributed by atoms with Crippen LogP contribution in [0.5, 0.6) is 17.2 Å². The Balaban J connectivity index is 1.55. The molecule has 0 saturated carbocycles. The number of hydrogen-bond donors (Lipinski definition) is 1. The topological polar surface area (TPSA) is 82.6 Å². The number of aryl methyl sites for hydroxylation is 1. The number of thiazole rings is 2. The highest BCUT2D eigenvalue weighted by Crippen LogP contribution is 2.39. The fourth-order valence-corrected chi connectivity index (χ4v) is 4.72. The third-order valence-electron chi connectivity index (χ3n) is 4.73. The highest BCUT2D eigenvalue weighted by atomic mass is 32.1. The summed E-state index contributed by atoms with van der Waals surface area (Å²) in [4.78, 5) is 21.8. The number of carbonyl (C=O) groups excluding carboxylic acids is 1. The van der Waals surface area contributed by atoms with Crippen molar-refractivity contribution in [3.05, 3.63) is 58.4 Å². The quantitative estimate of drug-likeness (QED) is 0.385. The zero-order valence-corrected chi connectivity index (χ0v) is 19.6. The predicted octanol–water partition coefficient (Wildman–Crippen LogP) is 5.52. The molecule has 0 aliphatic carbocycles. The van der Waals surface area contributed by atoms with Gasteiger partial charge in [0.05, 0.1) is 32.6 Å². The van der Waals surface area contributed by atoms with E-state index in [-0.39, 0.29) is 5.91 Å². The fourth-order valence-electron chi connectivity index (χ4n) is 3.20. The molecule has 9 heteroatoms. The van der Waals surface area contributed by atoms with E-state index in [1.54, 1.807) is 26.7 Å². The molecule has 0 fully saturated rings. The molecule has 0 aliphatic rings. The molecule has 0 saturated heterocycles. The summed E-state index contributed by atoms with van der Waals surface area (Å²) in [6, 6.07) is 11.4. The number of aromatic nitrogens is 2. The normalized spacial score (nSPS) is 10.6. The van der Waals surface area contributed by atoms with Crippen molar-refractivity contribution in [3.8, 4) is 39.1 Å².